The molecule has 0 radical (unpaired) electrons. The summed E-state index contributed by atoms with van der Waals surface area (Å²) in [7, 11) is 0. The predicted octanol–water partition coefficient (Wildman–Crippen LogP) is 2.71. The van der Waals surface area contributed by atoms with Gasteiger partial charge in [-0.15, -0.1) is 0 Å². The number of quaternary nitrogens is 1. The lowest BCUT2D eigenvalue weighted by atomic mass is 10.2. The van der Waals surface area contributed by atoms with Gasteiger partial charge >= 0.3 is 0 Å². The first-order valence-electron chi connectivity index (χ1n) is 9.08. The van der Waals surface area contributed by atoms with Crippen LogP contribution in [0.15, 0.2) is 64.5 Å². The summed E-state index contributed by atoms with van der Waals surface area (Å²) in [5.74, 6) is -0.172. The molecule has 0 atom stereocenters. The molecule has 0 bridgehead atoms. The number of hydrogen-bond acceptors (Lipinski definition) is 3. The average Bonchev–Trinajstić information content (AvgIpc) is 3.05. The Morgan fingerprint density at radius 1 is 1.07 bits per heavy atom. The maximum atomic E-state index is 12.3. The van der Waals surface area contributed by atoms with E-state index in [1.54, 1.807) is 4.90 Å². The molecule has 2 aromatic rings. The van der Waals surface area contributed by atoms with E-state index in [0.29, 0.717) is 9.93 Å². The first-order chi connectivity index (χ1) is 13.2. The van der Waals surface area contributed by atoms with E-state index in [1.165, 1.54) is 17.3 Å². The monoisotopic (exact) mass is 398 g/mol. The van der Waals surface area contributed by atoms with Crippen LogP contribution in [0.3, 0.4) is 0 Å². The number of amidine groups is 1. The van der Waals surface area contributed by atoms with Crippen LogP contribution < -0.4 is 4.90 Å². The Labute approximate surface area is 168 Å². The summed E-state index contributed by atoms with van der Waals surface area (Å²) in [6.45, 7) is 4.98. The van der Waals surface area contributed by atoms with E-state index >= 15 is 0 Å². The minimum atomic E-state index is -0.172. The van der Waals surface area contributed by atoms with Crippen LogP contribution in [0.5, 0.6) is 0 Å². The van der Waals surface area contributed by atoms with Crippen molar-refractivity contribution < 1.29 is 9.69 Å². The highest BCUT2D eigenvalue weighted by Gasteiger charge is 2.29. The number of piperazine rings is 1. The smallest absolute Gasteiger partial charge is 0.286 e. The second-order valence-corrected chi connectivity index (χ2v) is 8.15. The molecular weight excluding hydrogens is 378 g/mol. The Hall–Kier alpha value is -2.08. The van der Waals surface area contributed by atoms with Gasteiger partial charge in [-0.2, -0.15) is 4.99 Å². The second-order valence-electron chi connectivity index (χ2n) is 6.73. The van der Waals surface area contributed by atoms with Crippen molar-refractivity contribution in [3.8, 4) is 0 Å². The summed E-state index contributed by atoms with van der Waals surface area (Å²) in [4.78, 5) is 21.0. The molecule has 0 spiro atoms. The highest BCUT2D eigenvalue weighted by atomic mass is 35.5. The SMILES string of the molecule is O=C1N=C(N2CC[NH+](Cc3ccccc3)CC2)S/C1=C\c1ccccc1Cl. The molecule has 0 aromatic heterocycles. The van der Waals surface area contributed by atoms with Crippen LogP contribution in [0.1, 0.15) is 11.1 Å². The third-order valence-electron chi connectivity index (χ3n) is 4.84. The molecule has 2 aliphatic heterocycles. The fourth-order valence-corrected chi connectivity index (χ4v) is 4.49. The number of aliphatic imine (C=N–C) groups is 1. The number of thioether (sulfide) groups is 1. The summed E-state index contributed by atoms with van der Waals surface area (Å²) in [6, 6.07) is 18.1. The lowest BCUT2D eigenvalue weighted by molar-refractivity contribution is -0.917. The minimum absolute atomic E-state index is 0.172. The van der Waals surface area contributed by atoms with Gasteiger partial charge in [0.2, 0.25) is 0 Å². The number of nitrogens with one attached hydrogen (secondary N) is 1. The van der Waals surface area contributed by atoms with Crippen molar-refractivity contribution >= 4 is 40.5 Å². The zero-order valence-corrected chi connectivity index (χ0v) is 16.5. The largest absolute Gasteiger partial charge is 0.339 e. The molecule has 6 heteroatoms. The normalized spacial score (nSPS) is 19.6. The predicted molar refractivity (Wildman–Crippen MR) is 112 cm³/mol. The van der Waals surface area contributed by atoms with Crippen LogP contribution in [-0.4, -0.2) is 42.2 Å². The van der Waals surface area contributed by atoms with Crippen LogP contribution in [0.2, 0.25) is 5.02 Å². The van der Waals surface area contributed by atoms with Crippen molar-refractivity contribution in [3.05, 3.63) is 75.7 Å². The van der Waals surface area contributed by atoms with E-state index in [4.69, 9.17) is 11.6 Å². The Bertz CT molecular complexity index is 889. The maximum absolute atomic E-state index is 12.3. The van der Waals surface area contributed by atoms with Gasteiger partial charge in [-0.1, -0.05) is 60.1 Å². The number of carbonyl (C=O) groups excluding carboxylic acids is 1. The van der Waals surface area contributed by atoms with Gasteiger partial charge in [0, 0.05) is 10.6 Å². The van der Waals surface area contributed by atoms with E-state index in [0.717, 1.165) is 43.5 Å². The molecule has 27 heavy (non-hydrogen) atoms. The number of halogens is 1. The molecule has 1 fully saturated rings. The van der Waals surface area contributed by atoms with Crippen molar-refractivity contribution in [2.45, 2.75) is 6.54 Å². The molecule has 1 amide bonds. The van der Waals surface area contributed by atoms with Gasteiger partial charge in [-0.25, -0.2) is 0 Å². The van der Waals surface area contributed by atoms with E-state index in [1.807, 2.05) is 30.3 Å². The van der Waals surface area contributed by atoms with E-state index in [-0.39, 0.29) is 5.91 Å². The molecule has 4 nitrogen and oxygen atoms in total. The molecule has 2 aliphatic rings. The third kappa shape index (κ3) is 4.43. The summed E-state index contributed by atoms with van der Waals surface area (Å²) >= 11 is 7.66. The third-order valence-corrected chi connectivity index (χ3v) is 6.23. The topological polar surface area (TPSA) is 37.1 Å². The van der Waals surface area contributed by atoms with Gasteiger partial charge < -0.3 is 9.80 Å². The summed E-state index contributed by atoms with van der Waals surface area (Å²) < 4.78 is 0. The number of carbonyl (C=O) groups is 1. The zero-order valence-electron chi connectivity index (χ0n) is 14.9. The van der Waals surface area contributed by atoms with E-state index < -0.39 is 0 Å². The zero-order chi connectivity index (χ0) is 18.6. The highest BCUT2D eigenvalue weighted by molar-refractivity contribution is 8.18. The fraction of sp³-hybridized carbons (Fsp3) is 0.238. The summed E-state index contributed by atoms with van der Waals surface area (Å²) in [6.07, 6.45) is 1.84. The van der Waals surface area contributed by atoms with Gasteiger partial charge in [0.25, 0.3) is 5.91 Å². The van der Waals surface area contributed by atoms with E-state index in [9.17, 15) is 4.79 Å². The van der Waals surface area contributed by atoms with E-state index in [2.05, 4.69) is 40.2 Å². The molecule has 1 N–H and O–H groups in total. The van der Waals surface area contributed by atoms with Crippen molar-refractivity contribution in [1.29, 1.82) is 0 Å². The molecule has 2 heterocycles. The van der Waals surface area contributed by atoms with Crippen molar-refractivity contribution in [2.24, 2.45) is 4.99 Å². The minimum Gasteiger partial charge on any atom is -0.339 e. The summed E-state index contributed by atoms with van der Waals surface area (Å²) in [5.41, 5.74) is 2.22. The average molecular weight is 399 g/mol. The molecule has 0 unspecified atom stereocenters. The summed E-state index contributed by atoms with van der Waals surface area (Å²) in [5, 5.41) is 1.46. The number of amides is 1. The maximum Gasteiger partial charge on any atom is 0.286 e. The lowest BCUT2D eigenvalue weighted by Gasteiger charge is -2.32. The molecule has 4 rings (SSSR count). The number of rotatable bonds is 3. The molecular formula is C21H21ClN3OS+. The van der Waals surface area contributed by atoms with Gasteiger partial charge in [-0.3, -0.25) is 4.79 Å². The Balaban J connectivity index is 1.36. The quantitative estimate of drug-likeness (QED) is 0.808. The molecule has 138 valence electrons. The van der Waals surface area contributed by atoms with Crippen LogP contribution in [0.25, 0.3) is 6.08 Å². The Morgan fingerprint density at radius 2 is 1.78 bits per heavy atom. The second kappa shape index (κ2) is 8.30. The van der Waals surface area contributed by atoms with Crippen molar-refractivity contribution in [3.63, 3.8) is 0 Å². The number of hydrogen-bond donors (Lipinski definition) is 1. The van der Waals surface area contributed by atoms with Gasteiger partial charge in [0.05, 0.1) is 31.1 Å². The Morgan fingerprint density at radius 3 is 2.52 bits per heavy atom. The highest BCUT2D eigenvalue weighted by Crippen LogP contribution is 2.31. The number of benzene rings is 2. The standard InChI is InChI=1S/C21H20ClN3OS/c22-18-9-5-4-8-17(18)14-19-20(26)23-21(27-19)25-12-10-24(11-13-25)15-16-6-2-1-3-7-16/h1-9,14H,10-13,15H2/p+1/b19-14-. The number of nitrogens with zero attached hydrogens (tertiary/aromatic N) is 2. The van der Waals surface area contributed by atoms with Crippen LogP contribution >= 0.6 is 23.4 Å². The molecule has 0 aliphatic carbocycles. The van der Waals surface area contributed by atoms with Gasteiger partial charge in [0.1, 0.15) is 6.54 Å². The van der Waals surface area contributed by atoms with Gasteiger partial charge in [-0.05, 0) is 29.5 Å². The van der Waals surface area contributed by atoms with Crippen LogP contribution in [-0.2, 0) is 11.3 Å². The van der Waals surface area contributed by atoms with Crippen molar-refractivity contribution in [2.75, 3.05) is 26.2 Å². The molecule has 1 saturated heterocycles. The van der Waals surface area contributed by atoms with Crippen LogP contribution in [0.4, 0.5) is 0 Å². The first-order valence-corrected chi connectivity index (χ1v) is 10.3. The molecule has 0 saturated carbocycles. The first kappa shape index (κ1) is 18.3. The fourth-order valence-electron chi connectivity index (χ4n) is 3.34. The van der Waals surface area contributed by atoms with Crippen LogP contribution in [0, 0.1) is 0 Å². The van der Waals surface area contributed by atoms with Crippen molar-refractivity contribution in [1.82, 2.24) is 4.90 Å². The molecule has 2 aromatic carbocycles. The van der Waals surface area contributed by atoms with Gasteiger partial charge in [0.15, 0.2) is 5.17 Å². The lowest BCUT2D eigenvalue weighted by Crippen LogP contribution is -3.13. The Kier molecular flexibility index (Phi) is 5.62.